The van der Waals surface area contributed by atoms with E-state index in [1.54, 1.807) is 29.2 Å². The van der Waals surface area contributed by atoms with Gasteiger partial charge in [-0.05, 0) is 70.3 Å². The lowest BCUT2D eigenvalue weighted by atomic mass is 9.98. The molecule has 7 nitrogen and oxygen atoms in total. The normalized spacial score (nSPS) is 16.6. The predicted octanol–water partition coefficient (Wildman–Crippen LogP) is 6.36. The maximum absolute atomic E-state index is 13.4. The molecule has 0 bridgehead atoms. The number of ether oxygens (including phenoxy) is 2. The van der Waals surface area contributed by atoms with Gasteiger partial charge < -0.3 is 14.6 Å². The number of carbonyl (C=O) groups excluding carboxylic acids is 1. The molecule has 2 aliphatic heterocycles. The highest BCUT2D eigenvalue weighted by Gasteiger charge is 2.31. The smallest absolute Gasteiger partial charge is 0.335 e. The number of hydrogen-bond donors (Lipinski definition) is 1. The number of morpholine rings is 1. The second kappa shape index (κ2) is 13.7. The van der Waals surface area contributed by atoms with Gasteiger partial charge in [0.05, 0.1) is 23.7 Å². The topological polar surface area (TPSA) is 79.3 Å². The molecule has 224 valence electrons. The molecule has 4 aromatic carbocycles. The van der Waals surface area contributed by atoms with Gasteiger partial charge >= 0.3 is 5.97 Å². The van der Waals surface area contributed by atoms with Gasteiger partial charge in [-0.25, -0.2) is 4.79 Å². The van der Waals surface area contributed by atoms with Gasteiger partial charge in [-0.2, -0.15) is 0 Å². The Morgan fingerprint density at radius 3 is 2.50 bits per heavy atom. The third-order valence-electron chi connectivity index (χ3n) is 7.83. The zero-order valence-corrected chi connectivity index (χ0v) is 25.7. The first-order valence-electron chi connectivity index (χ1n) is 14.6. The second-order valence-electron chi connectivity index (χ2n) is 10.7. The Bertz CT molecular complexity index is 1730. The summed E-state index contributed by atoms with van der Waals surface area (Å²) in [5.74, 6) is -0.289. The van der Waals surface area contributed by atoms with Crippen LogP contribution in [0.1, 0.15) is 21.5 Å². The number of hydrogen-bond acceptors (Lipinski definition) is 7. The van der Waals surface area contributed by atoms with Gasteiger partial charge in [0.1, 0.15) is 16.7 Å². The third kappa shape index (κ3) is 7.03. The monoisotopic (exact) mass is 624 g/mol. The van der Waals surface area contributed by atoms with Crippen molar-refractivity contribution in [3.05, 3.63) is 107 Å². The van der Waals surface area contributed by atoms with E-state index in [1.165, 1.54) is 17.1 Å². The summed E-state index contributed by atoms with van der Waals surface area (Å²) in [7, 11) is 0. The Kier molecular flexibility index (Phi) is 9.37. The Hall–Kier alpha value is -4.02. The lowest BCUT2D eigenvalue weighted by molar-refractivity contribution is -0.122. The van der Waals surface area contributed by atoms with Gasteiger partial charge in [0, 0.05) is 31.7 Å². The van der Waals surface area contributed by atoms with Crippen LogP contribution in [-0.2, 0) is 16.0 Å². The van der Waals surface area contributed by atoms with E-state index in [0.29, 0.717) is 28.8 Å². The Morgan fingerprint density at radius 1 is 0.955 bits per heavy atom. The van der Waals surface area contributed by atoms with Gasteiger partial charge in [-0.15, -0.1) is 0 Å². The fraction of sp³-hybridized carbons (Fsp3) is 0.229. The van der Waals surface area contributed by atoms with Crippen molar-refractivity contribution in [3.63, 3.8) is 0 Å². The molecule has 0 aliphatic carbocycles. The molecule has 0 radical (unpaired) electrons. The summed E-state index contributed by atoms with van der Waals surface area (Å²) in [4.78, 5) is 29.1. The average molecular weight is 625 g/mol. The number of benzene rings is 4. The first kappa shape index (κ1) is 30.0. The Labute approximate surface area is 266 Å². The van der Waals surface area contributed by atoms with Crippen LogP contribution in [0.4, 0.5) is 0 Å². The van der Waals surface area contributed by atoms with Crippen LogP contribution >= 0.6 is 24.0 Å². The van der Waals surface area contributed by atoms with E-state index in [4.69, 9.17) is 26.8 Å². The molecule has 2 aliphatic rings. The lowest BCUT2D eigenvalue weighted by Crippen LogP contribution is -2.38. The van der Waals surface area contributed by atoms with Crippen LogP contribution in [-0.4, -0.2) is 77.1 Å². The van der Waals surface area contributed by atoms with Crippen LogP contribution in [0.15, 0.2) is 89.8 Å². The van der Waals surface area contributed by atoms with Crippen molar-refractivity contribution < 1.29 is 24.2 Å². The van der Waals surface area contributed by atoms with Crippen molar-refractivity contribution in [1.82, 2.24) is 9.80 Å². The minimum atomic E-state index is -0.963. The number of carboxylic acids is 1. The Morgan fingerprint density at radius 2 is 1.73 bits per heavy atom. The van der Waals surface area contributed by atoms with Crippen LogP contribution in [0.5, 0.6) is 5.75 Å². The summed E-state index contributed by atoms with van der Waals surface area (Å²) in [5.41, 5.74) is 4.07. The lowest BCUT2D eigenvalue weighted by Gasteiger charge is -2.26. The minimum Gasteiger partial charge on any atom is -0.492 e. The minimum absolute atomic E-state index is 0.125. The number of rotatable bonds is 10. The standard InChI is InChI=1S/C35H32N2O5S2/c38-33-32(44-35(43)37(33)14-13-24-5-8-27(9-6-24)34(39)40)22-25-7-12-31(42-20-17-36-15-18-41-19-16-36)30(21-25)29-11-10-26-3-1-2-4-28(26)23-29/h1-12,21-23H,13-20H2,(H,39,40). The van der Waals surface area contributed by atoms with E-state index >= 15 is 0 Å². The SMILES string of the molecule is O=C(O)c1ccc(CCN2C(=O)C(=Cc3ccc(OCCN4CCOCC4)c(-c4ccc5ccccc5c4)c3)SC2=S)cc1. The molecular formula is C35H32N2O5S2. The fourth-order valence-electron chi connectivity index (χ4n) is 5.35. The number of amides is 1. The molecule has 2 fully saturated rings. The van der Waals surface area contributed by atoms with Gasteiger partial charge in [0.15, 0.2) is 0 Å². The molecule has 0 atom stereocenters. The summed E-state index contributed by atoms with van der Waals surface area (Å²) in [6, 6.07) is 27.4. The number of fused-ring (bicyclic) bond motifs is 1. The number of carboxylic acid groups (broad SMARTS) is 1. The molecule has 1 N–H and O–H groups in total. The molecule has 0 unspecified atom stereocenters. The molecule has 44 heavy (non-hydrogen) atoms. The van der Waals surface area contributed by atoms with Gasteiger partial charge in [0.2, 0.25) is 0 Å². The molecular weight excluding hydrogens is 593 g/mol. The molecule has 2 heterocycles. The summed E-state index contributed by atoms with van der Waals surface area (Å²) < 4.78 is 12.3. The number of thiocarbonyl (C=S) groups is 1. The molecule has 9 heteroatoms. The number of carbonyl (C=O) groups is 2. The maximum atomic E-state index is 13.4. The zero-order valence-electron chi connectivity index (χ0n) is 24.1. The molecule has 1 amide bonds. The first-order valence-corrected chi connectivity index (χ1v) is 15.8. The fourth-order valence-corrected chi connectivity index (χ4v) is 6.66. The predicted molar refractivity (Wildman–Crippen MR) is 179 cm³/mol. The van der Waals surface area contributed by atoms with Crippen molar-refractivity contribution in [2.75, 3.05) is 46.0 Å². The molecule has 0 spiro atoms. The highest BCUT2D eigenvalue weighted by Crippen LogP contribution is 2.36. The van der Waals surface area contributed by atoms with E-state index in [9.17, 15) is 9.59 Å². The van der Waals surface area contributed by atoms with Crippen LogP contribution in [0.25, 0.3) is 28.0 Å². The second-order valence-corrected chi connectivity index (χ2v) is 12.4. The maximum Gasteiger partial charge on any atom is 0.335 e. The zero-order chi connectivity index (χ0) is 30.5. The van der Waals surface area contributed by atoms with Crippen molar-refractivity contribution in [2.45, 2.75) is 6.42 Å². The number of thioether (sulfide) groups is 1. The summed E-state index contributed by atoms with van der Waals surface area (Å²) in [6.45, 7) is 5.15. The van der Waals surface area contributed by atoms with Crippen LogP contribution in [0.2, 0.25) is 0 Å². The molecule has 0 saturated carbocycles. The van der Waals surface area contributed by atoms with Crippen LogP contribution in [0.3, 0.4) is 0 Å². The van der Waals surface area contributed by atoms with Crippen molar-refractivity contribution >= 4 is 57.0 Å². The van der Waals surface area contributed by atoms with E-state index < -0.39 is 5.97 Å². The number of aromatic carboxylic acids is 1. The highest BCUT2D eigenvalue weighted by molar-refractivity contribution is 8.26. The van der Waals surface area contributed by atoms with Crippen LogP contribution in [0, 0.1) is 0 Å². The summed E-state index contributed by atoms with van der Waals surface area (Å²) >= 11 is 6.87. The summed E-state index contributed by atoms with van der Waals surface area (Å²) in [6.07, 6.45) is 2.46. The number of nitrogens with zero attached hydrogens (tertiary/aromatic N) is 2. The van der Waals surface area contributed by atoms with E-state index in [0.717, 1.165) is 66.2 Å². The van der Waals surface area contributed by atoms with E-state index in [1.807, 2.05) is 30.3 Å². The Balaban J connectivity index is 1.21. The van der Waals surface area contributed by atoms with Gasteiger partial charge in [-0.3, -0.25) is 14.6 Å². The summed E-state index contributed by atoms with van der Waals surface area (Å²) in [5, 5.41) is 11.4. The van der Waals surface area contributed by atoms with Crippen molar-refractivity contribution in [2.24, 2.45) is 0 Å². The quantitative estimate of drug-likeness (QED) is 0.161. The van der Waals surface area contributed by atoms with E-state index in [-0.39, 0.29) is 11.5 Å². The molecule has 2 saturated heterocycles. The largest absolute Gasteiger partial charge is 0.492 e. The first-order chi connectivity index (χ1) is 21.4. The highest BCUT2D eigenvalue weighted by atomic mass is 32.2. The van der Waals surface area contributed by atoms with Crippen LogP contribution < -0.4 is 4.74 Å². The van der Waals surface area contributed by atoms with Crippen molar-refractivity contribution in [1.29, 1.82) is 0 Å². The van der Waals surface area contributed by atoms with Crippen molar-refractivity contribution in [3.8, 4) is 16.9 Å². The molecule has 0 aromatic heterocycles. The van der Waals surface area contributed by atoms with E-state index in [2.05, 4.69) is 41.3 Å². The van der Waals surface area contributed by atoms with Gasteiger partial charge in [0.25, 0.3) is 5.91 Å². The average Bonchev–Trinajstić information content (AvgIpc) is 3.31. The van der Waals surface area contributed by atoms with Gasteiger partial charge in [-0.1, -0.05) is 78.6 Å². The molecule has 4 aromatic rings. The third-order valence-corrected chi connectivity index (χ3v) is 9.21. The molecule has 6 rings (SSSR count).